The van der Waals surface area contributed by atoms with E-state index in [2.05, 4.69) is 9.71 Å². The van der Waals surface area contributed by atoms with Crippen molar-refractivity contribution >= 4 is 15.7 Å². The number of nitrogen functional groups attached to an aromatic ring is 1. The lowest BCUT2D eigenvalue weighted by molar-refractivity contribution is 0.580. The molecule has 0 bridgehead atoms. The number of anilines is 1. The van der Waals surface area contributed by atoms with Gasteiger partial charge in [0.05, 0.1) is 17.1 Å². The van der Waals surface area contributed by atoms with Crippen molar-refractivity contribution in [2.75, 3.05) is 5.73 Å². The maximum atomic E-state index is 12.1. The molecular weight excluding hydrogens is 274 g/mol. The molecule has 0 unspecified atom stereocenters. The van der Waals surface area contributed by atoms with Gasteiger partial charge in [0.25, 0.3) is 0 Å². The second kappa shape index (κ2) is 6.02. The van der Waals surface area contributed by atoms with Gasteiger partial charge in [0.1, 0.15) is 0 Å². The molecule has 0 atom stereocenters. The van der Waals surface area contributed by atoms with Gasteiger partial charge in [0.15, 0.2) is 0 Å². The van der Waals surface area contributed by atoms with Gasteiger partial charge in [-0.15, -0.1) is 0 Å². The lowest BCUT2D eigenvalue weighted by Gasteiger charge is -2.09. The van der Waals surface area contributed by atoms with Crippen LogP contribution in [0.2, 0.25) is 0 Å². The van der Waals surface area contributed by atoms with Crippen LogP contribution in [0.25, 0.3) is 0 Å². The van der Waals surface area contributed by atoms with Gasteiger partial charge in [0.2, 0.25) is 10.0 Å². The zero-order valence-electron chi connectivity index (χ0n) is 11.2. The number of rotatable bonds is 5. The summed E-state index contributed by atoms with van der Waals surface area (Å²) >= 11 is 0. The molecule has 3 N–H and O–H groups in total. The topological polar surface area (TPSA) is 85.1 Å². The molecule has 0 aliphatic carbocycles. The first-order valence-electron chi connectivity index (χ1n) is 6.31. The van der Waals surface area contributed by atoms with Crippen molar-refractivity contribution in [2.24, 2.45) is 0 Å². The number of nitrogens with one attached hydrogen (secondary N) is 1. The summed E-state index contributed by atoms with van der Waals surface area (Å²) in [5, 5.41) is 0. The fourth-order valence-electron chi connectivity index (χ4n) is 1.85. The van der Waals surface area contributed by atoms with Crippen LogP contribution in [0.1, 0.15) is 18.2 Å². The zero-order chi connectivity index (χ0) is 14.6. The molecule has 0 aliphatic heterocycles. The van der Waals surface area contributed by atoms with Crippen LogP contribution in [0.3, 0.4) is 0 Å². The SMILES string of the molecule is CCc1cccnc1CNS(=O)(=O)c1ccc(N)cc1. The van der Waals surface area contributed by atoms with E-state index in [-0.39, 0.29) is 11.4 Å². The summed E-state index contributed by atoms with van der Waals surface area (Å²) in [6, 6.07) is 9.88. The summed E-state index contributed by atoms with van der Waals surface area (Å²) in [4.78, 5) is 4.41. The predicted molar refractivity (Wildman–Crippen MR) is 78.5 cm³/mol. The standard InChI is InChI=1S/C14H17N3O2S/c1-2-11-4-3-9-16-14(11)10-17-20(18,19)13-7-5-12(15)6-8-13/h3-9,17H,2,10,15H2,1H3. The molecule has 0 spiro atoms. The monoisotopic (exact) mass is 291 g/mol. The van der Waals surface area contributed by atoms with Gasteiger partial charge in [-0.3, -0.25) is 4.98 Å². The molecule has 2 aromatic rings. The van der Waals surface area contributed by atoms with E-state index in [4.69, 9.17) is 5.73 Å². The normalized spacial score (nSPS) is 11.4. The fraction of sp³-hybridized carbons (Fsp3) is 0.214. The Morgan fingerprint density at radius 2 is 1.90 bits per heavy atom. The number of benzene rings is 1. The van der Waals surface area contributed by atoms with E-state index in [1.807, 2.05) is 19.1 Å². The highest BCUT2D eigenvalue weighted by Gasteiger charge is 2.14. The minimum Gasteiger partial charge on any atom is -0.399 e. The van der Waals surface area contributed by atoms with E-state index in [1.54, 1.807) is 18.3 Å². The van der Waals surface area contributed by atoms with Gasteiger partial charge in [0, 0.05) is 11.9 Å². The van der Waals surface area contributed by atoms with E-state index in [0.717, 1.165) is 17.7 Å². The van der Waals surface area contributed by atoms with Crippen LogP contribution in [-0.2, 0) is 23.0 Å². The second-order valence-electron chi connectivity index (χ2n) is 4.36. The predicted octanol–water partition coefficient (Wildman–Crippen LogP) is 1.70. The molecule has 0 radical (unpaired) electrons. The highest BCUT2D eigenvalue weighted by Crippen LogP contribution is 2.13. The van der Waals surface area contributed by atoms with E-state index < -0.39 is 10.0 Å². The van der Waals surface area contributed by atoms with Gasteiger partial charge >= 0.3 is 0 Å². The van der Waals surface area contributed by atoms with E-state index in [9.17, 15) is 8.42 Å². The molecule has 0 fully saturated rings. The minimum atomic E-state index is -3.55. The number of hydrogen-bond donors (Lipinski definition) is 2. The largest absolute Gasteiger partial charge is 0.399 e. The van der Waals surface area contributed by atoms with Crippen LogP contribution < -0.4 is 10.5 Å². The average molecular weight is 291 g/mol. The van der Waals surface area contributed by atoms with Gasteiger partial charge in [-0.05, 0) is 42.3 Å². The average Bonchev–Trinajstić information content (AvgIpc) is 2.46. The molecule has 20 heavy (non-hydrogen) atoms. The Balaban J connectivity index is 2.15. The molecule has 0 saturated carbocycles. The maximum Gasteiger partial charge on any atom is 0.240 e. The number of nitrogens with two attached hydrogens (primary N) is 1. The van der Waals surface area contributed by atoms with Crippen molar-refractivity contribution < 1.29 is 8.42 Å². The summed E-state index contributed by atoms with van der Waals surface area (Å²) in [6.45, 7) is 2.19. The molecule has 0 aliphatic rings. The second-order valence-corrected chi connectivity index (χ2v) is 6.12. The quantitative estimate of drug-likeness (QED) is 0.821. The van der Waals surface area contributed by atoms with Crippen LogP contribution in [-0.4, -0.2) is 13.4 Å². The van der Waals surface area contributed by atoms with Gasteiger partial charge in [-0.1, -0.05) is 13.0 Å². The third kappa shape index (κ3) is 3.34. The lowest BCUT2D eigenvalue weighted by Crippen LogP contribution is -2.24. The van der Waals surface area contributed by atoms with Gasteiger partial charge in [-0.2, -0.15) is 0 Å². The molecule has 106 valence electrons. The summed E-state index contributed by atoms with van der Waals surface area (Å²) in [5.74, 6) is 0. The van der Waals surface area contributed by atoms with Crippen LogP contribution >= 0.6 is 0 Å². The Hall–Kier alpha value is -1.92. The summed E-state index contributed by atoms with van der Waals surface area (Å²) < 4.78 is 26.8. The number of sulfonamides is 1. The van der Waals surface area contributed by atoms with Gasteiger partial charge < -0.3 is 5.73 Å². The first-order chi connectivity index (χ1) is 9.53. The molecule has 1 aromatic carbocycles. The van der Waals surface area contributed by atoms with Crippen LogP contribution in [0.4, 0.5) is 5.69 Å². The molecule has 1 aromatic heterocycles. The Morgan fingerprint density at radius 1 is 1.20 bits per heavy atom. The van der Waals surface area contributed by atoms with Crippen molar-refractivity contribution in [1.82, 2.24) is 9.71 Å². The van der Waals surface area contributed by atoms with Crippen LogP contribution in [0, 0.1) is 0 Å². The van der Waals surface area contributed by atoms with Crippen molar-refractivity contribution in [3.05, 3.63) is 53.9 Å². The summed E-state index contributed by atoms with van der Waals surface area (Å²) in [7, 11) is -3.55. The maximum absolute atomic E-state index is 12.1. The Bertz CT molecular complexity index is 682. The molecule has 2 rings (SSSR count). The Kier molecular flexibility index (Phi) is 4.36. The number of hydrogen-bond acceptors (Lipinski definition) is 4. The molecule has 5 nitrogen and oxygen atoms in total. The first-order valence-corrected chi connectivity index (χ1v) is 7.79. The van der Waals surface area contributed by atoms with Crippen LogP contribution in [0.5, 0.6) is 0 Å². The summed E-state index contributed by atoms with van der Waals surface area (Å²) in [6.07, 6.45) is 2.47. The van der Waals surface area contributed by atoms with Crippen molar-refractivity contribution in [3.8, 4) is 0 Å². The van der Waals surface area contributed by atoms with Gasteiger partial charge in [-0.25, -0.2) is 13.1 Å². The minimum absolute atomic E-state index is 0.177. The highest BCUT2D eigenvalue weighted by atomic mass is 32.2. The lowest BCUT2D eigenvalue weighted by atomic mass is 10.1. The number of pyridine rings is 1. The van der Waals surface area contributed by atoms with Crippen LogP contribution in [0.15, 0.2) is 47.5 Å². The smallest absolute Gasteiger partial charge is 0.240 e. The van der Waals surface area contributed by atoms with Crippen molar-refractivity contribution in [3.63, 3.8) is 0 Å². The molecule has 0 saturated heterocycles. The number of aryl methyl sites for hydroxylation is 1. The molecular formula is C14H17N3O2S. The van der Waals surface area contributed by atoms with Crippen molar-refractivity contribution in [1.29, 1.82) is 0 Å². The molecule has 6 heteroatoms. The van der Waals surface area contributed by atoms with E-state index >= 15 is 0 Å². The van der Waals surface area contributed by atoms with E-state index in [1.165, 1.54) is 12.1 Å². The molecule has 1 heterocycles. The number of aromatic nitrogens is 1. The zero-order valence-corrected chi connectivity index (χ0v) is 12.0. The Labute approximate surface area is 118 Å². The first kappa shape index (κ1) is 14.5. The molecule has 0 amide bonds. The Morgan fingerprint density at radius 3 is 2.55 bits per heavy atom. The third-order valence-electron chi connectivity index (χ3n) is 2.99. The van der Waals surface area contributed by atoms with E-state index in [0.29, 0.717) is 5.69 Å². The fourth-order valence-corrected chi connectivity index (χ4v) is 2.83. The summed E-state index contributed by atoms with van der Waals surface area (Å²) in [5.41, 5.74) is 7.86. The number of nitrogens with zero attached hydrogens (tertiary/aromatic N) is 1. The third-order valence-corrected chi connectivity index (χ3v) is 4.40. The highest BCUT2D eigenvalue weighted by molar-refractivity contribution is 7.89. The van der Waals surface area contributed by atoms with Crippen molar-refractivity contribution in [2.45, 2.75) is 24.8 Å².